The van der Waals surface area contributed by atoms with Crippen molar-refractivity contribution in [1.82, 2.24) is 5.32 Å². The Morgan fingerprint density at radius 1 is 1.05 bits per heavy atom. The predicted molar refractivity (Wildman–Crippen MR) is 70.3 cm³/mol. The maximum Gasteiger partial charge on any atom is 0.335 e. The molecule has 2 rings (SSSR count). The van der Waals surface area contributed by atoms with Crippen molar-refractivity contribution in [3.63, 3.8) is 0 Å². The van der Waals surface area contributed by atoms with E-state index in [1.165, 1.54) is 24.3 Å². The molecule has 0 heterocycles. The molecule has 0 aliphatic heterocycles. The van der Waals surface area contributed by atoms with Gasteiger partial charge in [0, 0.05) is 24.7 Å². The van der Waals surface area contributed by atoms with Crippen LogP contribution in [-0.2, 0) is 13.1 Å². The molecule has 0 aliphatic rings. The maximum absolute atomic E-state index is 13.4. The van der Waals surface area contributed by atoms with Gasteiger partial charge >= 0.3 is 5.97 Å². The molecule has 0 aromatic heterocycles. The molecular weight excluding hydrogens is 264 g/mol. The van der Waals surface area contributed by atoms with Gasteiger partial charge in [-0.3, -0.25) is 0 Å². The maximum atomic E-state index is 13.4. The average molecular weight is 277 g/mol. The number of hydrogen-bond acceptors (Lipinski definition) is 2. The van der Waals surface area contributed by atoms with E-state index in [-0.39, 0.29) is 12.1 Å². The molecule has 20 heavy (non-hydrogen) atoms. The van der Waals surface area contributed by atoms with E-state index >= 15 is 0 Å². The van der Waals surface area contributed by atoms with Crippen LogP contribution in [0.3, 0.4) is 0 Å². The number of benzene rings is 2. The average Bonchev–Trinajstić information content (AvgIpc) is 2.42. The molecule has 0 fully saturated rings. The molecule has 5 heteroatoms. The molecule has 0 bridgehead atoms. The molecule has 0 aliphatic carbocycles. The normalized spacial score (nSPS) is 10.5. The summed E-state index contributed by atoms with van der Waals surface area (Å²) in [6.07, 6.45) is 0. The lowest BCUT2D eigenvalue weighted by atomic mass is 10.1. The third kappa shape index (κ3) is 3.61. The van der Waals surface area contributed by atoms with Gasteiger partial charge in [-0.15, -0.1) is 0 Å². The Labute approximate surface area is 114 Å². The van der Waals surface area contributed by atoms with Crippen molar-refractivity contribution < 1.29 is 18.7 Å². The van der Waals surface area contributed by atoms with Gasteiger partial charge < -0.3 is 10.4 Å². The van der Waals surface area contributed by atoms with Gasteiger partial charge in [0.05, 0.1) is 5.56 Å². The van der Waals surface area contributed by atoms with E-state index in [0.717, 1.165) is 11.6 Å². The number of hydrogen-bond donors (Lipinski definition) is 2. The number of rotatable bonds is 5. The van der Waals surface area contributed by atoms with E-state index in [0.29, 0.717) is 12.1 Å². The topological polar surface area (TPSA) is 49.3 Å². The third-order valence-electron chi connectivity index (χ3n) is 2.86. The third-order valence-corrected chi connectivity index (χ3v) is 2.86. The smallest absolute Gasteiger partial charge is 0.335 e. The van der Waals surface area contributed by atoms with E-state index in [1.54, 1.807) is 12.1 Å². The first-order valence-corrected chi connectivity index (χ1v) is 6.03. The van der Waals surface area contributed by atoms with Crippen LogP contribution in [0.2, 0.25) is 0 Å². The molecule has 2 N–H and O–H groups in total. The van der Waals surface area contributed by atoms with Crippen LogP contribution in [0.15, 0.2) is 42.5 Å². The molecule has 3 nitrogen and oxygen atoms in total. The Morgan fingerprint density at radius 3 is 2.35 bits per heavy atom. The Kier molecular flexibility index (Phi) is 4.42. The van der Waals surface area contributed by atoms with E-state index in [4.69, 9.17) is 5.11 Å². The van der Waals surface area contributed by atoms with Crippen molar-refractivity contribution in [2.24, 2.45) is 0 Å². The summed E-state index contributed by atoms with van der Waals surface area (Å²) in [5.41, 5.74) is 1.49. The highest BCUT2D eigenvalue weighted by atomic mass is 19.1. The van der Waals surface area contributed by atoms with E-state index in [1.807, 2.05) is 0 Å². The van der Waals surface area contributed by atoms with Crippen LogP contribution in [0, 0.1) is 11.6 Å². The van der Waals surface area contributed by atoms with Gasteiger partial charge in [0.25, 0.3) is 0 Å². The first kappa shape index (κ1) is 14.1. The highest BCUT2D eigenvalue weighted by Crippen LogP contribution is 2.10. The van der Waals surface area contributed by atoms with E-state index < -0.39 is 17.6 Å². The predicted octanol–water partition coefficient (Wildman–Crippen LogP) is 2.95. The Bertz CT molecular complexity index is 612. The van der Waals surface area contributed by atoms with Crippen LogP contribution >= 0.6 is 0 Å². The van der Waals surface area contributed by atoms with Crippen LogP contribution in [0.25, 0.3) is 0 Å². The number of carboxylic acid groups (broad SMARTS) is 1. The van der Waals surface area contributed by atoms with Crippen molar-refractivity contribution in [2.75, 3.05) is 0 Å². The lowest BCUT2D eigenvalue weighted by Crippen LogP contribution is -2.14. The Morgan fingerprint density at radius 2 is 1.75 bits per heavy atom. The second-order valence-electron chi connectivity index (χ2n) is 4.34. The highest BCUT2D eigenvalue weighted by molar-refractivity contribution is 5.87. The van der Waals surface area contributed by atoms with E-state index in [9.17, 15) is 13.6 Å². The lowest BCUT2D eigenvalue weighted by molar-refractivity contribution is 0.0697. The molecule has 0 saturated carbocycles. The fraction of sp³-hybridized carbons (Fsp3) is 0.133. The van der Waals surface area contributed by atoms with Gasteiger partial charge in [-0.25, -0.2) is 13.6 Å². The van der Waals surface area contributed by atoms with Gasteiger partial charge in [0.2, 0.25) is 0 Å². The highest BCUT2D eigenvalue weighted by Gasteiger charge is 2.04. The lowest BCUT2D eigenvalue weighted by Gasteiger charge is -2.06. The summed E-state index contributed by atoms with van der Waals surface area (Å²) in [6.45, 7) is 0.740. The summed E-state index contributed by atoms with van der Waals surface area (Å²) >= 11 is 0. The Balaban J connectivity index is 1.91. The quantitative estimate of drug-likeness (QED) is 0.883. The molecule has 0 spiro atoms. The fourth-order valence-corrected chi connectivity index (χ4v) is 1.77. The molecule has 0 amide bonds. The summed E-state index contributed by atoms with van der Waals surface area (Å²) in [6, 6.07) is 9.86. The van der Waals surface area contributed by atoms with Crippen molar-refractivity contribution in [1.29, 1.82) is 0 Å². The summed E-state index contributed by atoms with van der Waals surface area (Å²) in [5.74, 6) is -2.16. The van der Waals surface area contributed by atoms with Gasteiger partial charge in [-0.1, -0.05) is 18.2 Å². The van der Waals surface area contributed by atoms with E-state index in [2.05, 4.69) is 5.32 Å². The van der Waals surface area contributed by atoms with Crippen molar-refractivity contribution in [3.05, 3.63) is 70.8 Å². The van der Waals surface area contributed by atoms with Crippen LogP contribution in [0.5, 0.6) is 0 Å². The number of carboxylic acids is 1. The monoisotopic (exact) mass is 277 g/mol. The summed E-state index contributed by atoms with van der Waals surface area (Å²) < 4.78 is 26.1. The van der Waals surface area contributed by atoms with Crippen molar-refractivity contribution in [2.45, 2.75) is 13.1 Å². The molecule has 0 saturated heterocycles. The van der Waals surface area contributed by atoms with Crippen molar-refractivity contribution in [3.8, 4) is 0 Å². The van der Waals surface area contributed by atoms with Crippen LogP contribution in [-0.4, -0.2) is 11.1 Å². The minimum atomic E-state index is -0.974. The second kappa shape index (κ2) is 6.25. The van der Waals surface area contributed by atoms with Gasteiger partial charge in [0.1, 0.15) is 11.6 Å². The number of halogens is 2. The first-order valence-electron chi connectivity index (χ1n) is 6.03. The SMILES string of the molecule is O=C(O)c1ccc(CNCc2ccc(F)cc2F)cc1. The molecule has 0 unspecified atom stereocenters. The van der Waals surface area contributed by atoms with Gasteiger partial charge in [0.15, 0.2) is 0 Å². The van der Waals surface area contributed by atoms with Gasteiger partial charge in [-0.2, -0.15) is 0 Å². The molecule has 2 aromatic rings. The summed E-state index contributed by atoms with van der Waals surface area (Å²) in [7, 11) is 0. The van der Waals surface area contributed by atoms with Crippen LogP contribution in [0.1, 0.15) is 21.5 Å². The summed E-state index contributed by atoms with van der Waals surface area (Å²) in [5, 5.41) is 11.8. The van der Waals surface area contributed by atoms with Gasteiger partial charge in [-0.05, 0) is 23.8 Å². The number of nitrogens with one attached hydrogen (secondary N) is 1. The van der Waals surface area contributed by atoms with Crippen LogP contribution < -0.4 is 5.32 Å². The zero-order valence-corrected chi connectivity index (χ0v) is 10.6. The molecule has 0 atom stereocenters. The fourth-order valence-electron chi connectivity index (χ4n) is 1.77. The molecule has 0 radical (unpaired) electrons. The zero-order chi connectivity index (χ0) is 14.5. The first-order chi connectivity index (χ1) is 9.56. The summed E-state index contributed by atoms with van der Waals surface area (Å²) in [4.78, 5) is 10.7. The number of carbonyl (C=O) groups is 1. The van der Waals surface area contributed by atoms with Crippen molar-refractivity contribution >= 4 is 5.97 Å². The molecule has 2 aromatic carbocycles. The minimum Gasteiger partial charge on any atom is -0.478 e. The zero-order valence-electron chi connectivity index (χ0n) is 10.6. The Hall–Kier alpha value is -2.27. The second-order valence-corrected chi connectivity index (χ2v) is 4.34. The standard InChI is InChI=1S/C15H13F2NO2/c16-13-6-5-12(14(17)7-13)9-18-8-10-1-3-11(4-2-10)15(19)20/h1-7,18H,8-9H2,(H,19,20). The molecule has 104 valence electrons. The number of aromatic carboxylic acids is 1. The largest absolute Gasteiger partial charge is 0.478 e. The minimum absolute atomic E-state index is 0.221. The molecular formula is C15H13F2NO2. The van der Waals surface area contributed by atoms with Crippen LogP contribution in [0.4, 0.5) is 8.78 Å².